The molecule has 2 heterocycles. The molecule has 0 spiro atoms. The Morgan fingerprint density at radius 1 is 1.00 bits per heavy atom. The van der Waals surface area contributed by atoms with Crippen LogP contribution in [-0.2, 0) is 11.3 Å². The molecule has 2 fully saturated rings. The van der Waals surface area contributed by atoms with Gasteiger partial charge < -0.3 is 14.4 Å². The number of rotatable bonds is 5. The molecule has 1 amide bonds. The number of hydrogen-bond acceptors (Lipinski definition) is 4. The zero-order valence-electron chi connectivity index (χ0n) is 15.5. The standard InChI is InChI=1S/C22H26N2O3/c25-22(24-12-14-26-15-13-24)20-8-4-5-9-21(20)27-19-10-11-23(17-19)16-18-6-2-1-3-7-18/h1-9,19H,10-17H2. The van der Waals surface area contributed by atoms with Crippen molar-refractivity contribution in [1.29, 1.82) is 0 Å². The first-order valence-electron chi connectivity index (χ1n) is 9.68. The van der Waals surface area contributed by atoms with Gasteiger partial charge in [0.15, 0.2) is 0 Å². The minimum absolute atomic E-state index is 0.0352. The molecule has 1 unspecified atom stereocenters. The van der Waals surface area contributed by atoms with Gasteiger partial charge in [0.25, 0.3) is 5.91 Å². The molecule has 0 N–H and O–H groups in total. The van der Waals surface area contributed by atoms with Gasteiger partial charge >= 0.3 is 0 Å². The molecule has 0 aromatic heterocycles. The fraction of sp³-hybridized carbons (Fsp3) is 0.409. The third-order valence-corrected chi connectivity index (χ3v) is 5.19. The number of carbonyl (C=O) groups is 1. The van der Waals surface area contributed by atoms with Crippen LogP contribution in [0.4, 0.5) is 0 Å². The number of nitrogens with zero attached hydrogens (tertiary/aromatic N) is 2. The molecule has 1 atom stereocenters. The molecule has 0 aliphatic carbocycles. The van der Waals surface area contributed by atoms with Gasteiger partial charge in [0, 0.05) is 32.7 Å². The van der Waals surface area contributed by atoms with Gasteiger partial charge in [-0.2, -0.15) is 0 Å². The summed E-state index contributed by atoms with van der Waals surface area (Å²) in [5.74, 6) is 0.730. The number of ether oxygens (including phenoxy) is 2. The fourth-order valence-corrected chi connectivity index (χ4v) is 3.74. The number of para-hydroxylation sites is 1. The van der Waals surface area contributed by atoms with E-state index >= 15 is 0 Å². The second-order valence-electron chi connectivity index (χ2n) is 7.15. The summed E-state index contributed by atoms with van der Waals surface area (Å²) in [6, 6.07) is 18.1. The van der Waals surface area contributed by atoms with Crippen molar-refractivity contribution in [2.45, 2.75) is 19.1 Å². The third-order valence-electron chi connectivity index (χ3n) is 5.19. The van der Waals surface area contributed by atoms with E-state index in [1.54, 1.807) is 0 Å². The molecule has 5 heteroatoms. The number of likely N-dealkylation sites (tertiary alicyclic amines) is 1. The van der Waals surface area contributed by atoms with Crippen molar-refractivity contribution in [3.63, 3.8) is 0 Å². The lowest BCUT2D eigenvalue weighted by Gasteiger charge is -2.28. The van der Waals surface area contributed by atoms with Gasteiger partial charge in [-0.15, -0.1) is 0 Å². The molecule has 2 aliphatic rings. The Balaban J connectivity index is 1.39. The fourth-order valence-electron chi connectivity index (χ4n) is 3.74. The topological polar surface area (TPSA) is 42.0 Å². The number of carbonyl (C=O) groups excluding carboxylic acids is 1. The summed E-state index contributed by atoms with van der Waals surface area (Å²) in [5, 5.41) is 0. The SMILES string of the molecule is O=C(c1ccccc1OC1CCN(Cc2ccccc2)C1)N1CCOCC1. The molecule has 2 aliphatic heterocycles. The maximum atomic E-state index is 12.9. The van der Waals surface area contributed by atoms with Crippen molar-refractivity contribution >= 4 is 5.91 Å². The highest BCUT2D eigenvalue weighted by molar-refractivity contribution is 5.97. The van der Waals surface area contributed by atoms with Crippen LogP contribution in [0.2, 0.25) is 0 Å². The number of hydrogen-bond donors (Lipinski definition) is 0. The summed E-state index contributed by atoms with van der Waals surface area (Å²) in [6.45, 7) is 5.32. The molecular weight excluding hydrogens is 340 g/mol. The third kappa shape index (κ3) is 4.49. The summed E-state index contributed by atoms with van der Waals surface area (Å²) >= 11 is 0. The van der Waals surface area contributed by atoms with Crippen molar-refractivity contribution in [2.24, 2.45) is 0 Å². The number of benzene rings is 2. The van der Waals surface area contributed by atoms with Crippen molar-refractivity contribution < 1.29 is 14.3 Å². The lowest BCUT2D eigenvalue weighted by Crippen LogP contribution is -2.41. The largest absolute Gasteiger partial charge is 0.488 e. The highest BCUT2D eigenvalue weighted by atomic mass is 16.5. The Hall–Kier alpha value is -2.37. The second kappa shape index (κ2) is 8.55. The van der Waals surface area contributed by atoms with Gasteiger partial charge in [-0.05, 0) is 24.1 Å². The monoisotopic (exact) mass is 366 g/mol. The average molecular weight is 366 g/mol. The van der Waals surface area contributed by atoms with E-state index in [9.17, 15) is 4.79 Å². The molecule has 2 aromatic carbocycles. The number of amides is 1. The maximum Gasteiger partial charge on any atom is 0.257 e. The summed E-state index contributed by atoms with van der Waals surface area (Å²) < 4.78 is 11.6. The van der Waals surface area contributed by atoms with Crippen molar-refractivity contribution in [1.82, 2.24) is 9.80 Å². The van der Waals surface area contributed by atoms with Gasteiger partial charge in [-0.1, -0.05) is 42.5 Å². The van der Waals surface area contributed by atoms with E-state index in [4.69, 9.17) is 9.47 Å². The minimum atomic E-state index is 0.0352. The Kier molecular flexibility index (Phi) is 5.70. The molecular formula is C22H26N2O3. The zero-order valence-corrected chi connectivity index (χ0v) is 15.5. The van der Waals surface area contributed by atoms with E-state index in [2.05, 4.69) is 29.2 Å². The second-order valence-corrected chi connectivity index (χ2v) is 7.15. The van der Waals surface area contributed by atoms with Gasteiger partial charge in [0.2, 0.25) is 0 Å². The van der Waals surface area contributed by atoms with Crippen LogP contribution in [0.3, 0.4) is 0 Å². The van der Waals surface area contributed by atoms with Gasteiger partial charge in [0.05, 0.1) is 18.8 Å². The van der Waals surface area contributed by atoms with E-state index in [-0.39, 0.29) is 12.0 Å². The van der Waals surface area contributed by atoms with Crippen LogP contribution in [0.25, 0.3) is 0 Å². The predicted octanol–water partition coefficient (Wildman–Crippen LogP) is 2.81. The lowest BCUT2D eigenvalue weighted by atomic mass is 10.1. The molecule has 142 valence electrons. The summed E-state index contributed by atoms with van der Waals surface area (Å²) in [7, 11) is 0. The molecule has 4 rings (SSSR count). The Labute approximate surface area is 160 Å². The Morgan fingerprint density at radius 2 is 1.74 bits per heavy atom. The van der Waals surface area contributed by atoms with Crippen molar-refractivity contribution in [3.05, 3.63) is 65.7 Å². The predicted molar refractivity (Wildman–Crippen MR) is 104 cm³/mol. The maximum absolute atomic E-state index is 12.9. The van der Waals surface area contributed by atoms with Gasteiger partial charge in [0.1, 0.15) is 11.9 Å². The summed E-state index contributed by atoms with van der Waals surface area (Å²) in [5.41, 5.74) is 1.97. The van der Waals surface area contributed by atoms with E-state index in [0.717, 1.165) is 26.1 Å². The first-order chi connectivity index (χ1) is 13.3. The van der Waals surface area contributed by atoms with E-state index in [1.165, 1.54) is 5.56 Å². The van der Waals surface area contributed by atoms with Crippen LogP contribution in [0.15, 0.2) is 54.6 Å². The van der Waals surface area contributed by atoms with Crippen LogP contribution in [0, 0.1) is 0 Å². The van der Waals surface area contributed by atoms with Crippen molar-refractivity contribution in [3.8, 4) is 5.75 Å². The highest BCUT2D eigenvalue weighted by Gasteiger charge is 2.27. The van der Waals surface area contributed by atoms with E-state index in [0.29, 0.717) is 37.6 Å². The molecule has 0 radical (unpaired) electrons. The molecule has 0 bridgehead atoms. The van der Waals surface area contributed by atoms with Crippen molar-refractivity contribution in [2.75, 3.05) is 39.4 Å². The molecule has 0 saturated carbocycles. The smallest absolute Gasteiger partial charge is 0.257 e. The lowest BCUT2D eigenvalue weighted by molar-refractivity contribution is 0.0299. The van der Waals surface area contributed by atoms with E-state index < -0.39 is 0 Å². The van der Waals surface area contributed by atoms with Crippen LogP contribution in [0.5, 0.6) is 5.75 Å². The quantitative estimate of drug-likeness (QED) is 0.816. The molecule has 2 aromatic rings. The Morgan fingerprint density at radius 3 is 2.56 bits per heavy atom. The first kappa shape index (κ1) is 18.0. The highest BCUT2D eigenvalue weighted by Crippen LogP contribution is 2.25. The first-order valence-corrected chi connectivity index (χ1v) is 9.68. The summed E-state index contributed by atoms with van der Waals surface area (Å²) in [6.07, 6.45) is 1.10. The number of morpholine rings is 1. The normalized spacial score (nSPS) is 20.6. The molecule has 27 heavy (non-hydrogen) atoms. The van der Waals surface area contributed by atoms with Crippen LogP contribution < -0.4 is 4.74 Å². The molecule has 2 saturated heterocycles. The van der Waals surface area contributed by atoms with Crippen LogP contribution in [0.1, 0.15) is 22.3 Å². The van der Waals surface area contributed by atoms with Gasteiger partial charge in [-0.3, -0.25) is 9.69 Å². The summed E-state index contributed by atoms with van der Waals surface area (Å²) in [4.78, 5) is 17.1. The minimum Gasteiger partial charge on any atom is -0.488 e. The van der Waals surface area contributed by atoms with Crippen LogP contribution >= 0.6 is 0 Å². The molecule has 5 nitrogen and oxygen atoms in total. The Bertz CT molecular complexity index is 759. The average Bonchev–Trinajstić information content (AvgIpc) is 3.16. The van der Waals surface area contributed by atoms with E-state index in [1.807, 2.05) is 35.2 Å². The van der Waals surface area contributed by atoms with Crippen LogP contribution in [-0.4, -0.2) is 61.2 Å². The zero-order chi connectivity index (χ0) is 18.5. The van der Waals surface area contributed by atoms with Gasteiger partial charge in [-0.25, -0.2) is 0 Å².